The predicted octanol–water partition coefficient (Wildman–Crippen LogP) is 10.1. The standard InChI is InChI=1S/C41H37N4O.Pt/c1-40(2,3)29-16-18-31(19-17-29)45-35-14-9-13-33(32-12-7-8-15-36(32)46)38(35)44-39(45)28-21-27(24-42-25-28)34-23-30(41(4,5)6)22-26-11-10-20-43-37(26)34;/h7-20,22-25,46H,1-6H3;/q-1;. The van der Waals surface area contributed by atoms with Gasteiger partial charge in [-0.1, -0.05) is 119 Å². The summed E-state index contributed by atoms with van der Waals surface area (Å²) >= 11 is 0. The Morgan fingerprint density at radius 3 is 2.09 bits per heavy atom. The number of nitrogens with zero attached hydrogens (tertiary/aromatic N) is 4. The second kappa shape index (κ2) is 12.2. The topological polar surface area (TPSA) is 63.8 Å². The van der Waals surface area contributed by atoms with Gasteiger partial charge in [0, 0.05) is 49.6 Å². The minimum absolute atomic E-state index is 0. The van der Waals surface area contributed by atoms with E-state index in [0.717, 1.165) is 61.3 Å². The number of benzene rings is 4. The molecule has 0 aliphatic heterocycles. The van der Waals surface area contributed by atoms with E-state index in [1.165, 1.54) is 11.1 Å². The van der Waals surface area contributed by atoms with Crippen molar-refractivity contribution in [3.63, 3.8) is 0 Å². The van der Waals surface area contributed by atoms with Crippen LogP contribution in [0.1, 0.15) is 52.7 Å². The third-order valence-electron chi connectivity index (χ3n) is 8.65. The van der Waals surface area contributed by atoms with Crippen LogP contribution < -0.4 is 0 Å². The molecule has 5 nitrogen and oxygen atoms in total. The van der Waals surface area contributed by atoms with E-state index in [0.29, 0.717) is 0 Å². The van der Waals surface area contributed by atoms with Crippen LogP contribution in [0.4, 0.5) is 0 Å². The van der Waals surface area contributed by atoms with E-state index in [1.807, 2.05) is 55.0 Å². The Hall–Kier alpha value is -4.60. The minimum atomic E-state index is -0.0452. The molecule has 238 valence electrons. The molecule has 6 heteroatoms. The molecule has 7 rings (SSSR count). The molecule has 0 atom stereocenters. The summed E-state index contributed by atoms with van der Waals surface area (Å²) in [5, 5.41) is 11.9. The van der Waals surface area contributed by atoms with E-state index in [1.54, 1.807) is 6.07 Å². The number of para-hydroxylation sites is 2. The Kier molecular flexibility index (Phi) is 8.40. The summed E-state index contributed by atoms with van der Waals surface area (Å²) in [4.78, 5) is 14.8. The van der Waals surface area contributed by atoms with Crippen molar-refractivity contribution in [2.24, 2.45) is 0 Å². The molecule has 0 spiro atoms. The fourth-order valence-electron chi connectivity index (χ4n) is 6.05. The van der Waals surface area contributed by atoms with Crippen LogP contribution in [0.5, 0.6) is 5.75 Å². The maximum Gasteiger partial charge on any atom is 0.123 e. The first kappa shape index (κ1) is 32.3. The summed E-state index contributed by atoms with van der Waals surface area (Å²) in [7, 11) is 0. The smallest absolute Gasteiger partial charge is 0.123 e. The van der Waals surface area contributed by atoms with Gasteiger partial charge in [-0.3, -0.25) is 9.97 Å². The van der Waals surface area contributed by atoms with Crippen LogP contribution in [0.25, 0.3) is 61.3 Å². The summed E-state index contributed by atoms with van der Waals surface area (Å²) in [6, 6.07) is 34.4. The number of aromatic hydroxyl groups is 1. The third kappa shape index (κ3) is 6.01. The summed E-state index contributed by atoms with van der Waals surface area (Å²) in [6.07, 6.45) is 5.52. The normalized spacial score (nSPS) is 12.0. The second-order valence-electron chi connectivity index (χ2n) is 14.0. The van der Waals surface area contributed by atoms with Gasteiger partial charge in [0.1, 0.15) is 5.75 Å². The summed E-state index contributed by atoms with van der Waals surface area (Å²) in [6.45, 7) is 13.3. The molecule has 0 radical (unpaired) electrons. The molecule has 0 saturated carbocycles. The molecule has 47 heavy (non-hydrogen) atoms. The maximum atomic E-state index is 10.8. The van der Waals surface area contributed by atoms with Crippen molar-refractivity contribution in [3.8, 4) is 45.1 Å². The van der Waals surface area contributed by atoms with Gasteiger partial charge in [0.25, 0.3) is 0 Å². The van der Waals surface area contributed by atoms with E-state index in [9.17, 15) is 5.11 Å². The van der Waals surface area contributed by atoms with Crippen LogP contribution >= 0.6 is 0 Å². The molecule has 0 aliphatic carbocycles. The molecule has 0 bridgehead atoms. The number of pyridine rings is 2. The number of rotatable bonds is 4. The molecule has 1 N–H and O–H groups in total. The molecule has 0 saturated heterocycles. The van der Waals surface area contributed by atoms with Gasteiger partial charge in [-0.05, 0) is 70.1 Å². The molecule has 0 aliphatic rings. The first-order valence-electron chi connectivity index (χ1n) is 15.7. The molecule has 0 fully saturated rings. The van der Waals surface area contributed by atoms with Crippen molar-refractivity contribution in [1.82, 2.24) is 19.5 Å². The molecule has 0 amide bonds. The van der Waals surface area contributed by atoms with E-state index >= 15 is 0 Å². The van der Waals surface area contributed by atoms with Crippen LogP contribution in [0, 0.1) is 6.07 Å². The van der Waals surface area contributed by atoms with Crippen LogP contribution in [0.2, 0.25) is 0 Å². The molecular weight excluding hydrogens is 760 g/mol. The van der Waals surface area contributed by atoms with Crippen molar-refractivity contribution in [2.75, 3.05) is 0 Å². The quantitative estimate of drug-likeness (QED) is 0.180. The zero-order valence-electron chi connectivity index (χ0n) is 27.4. The van der Waals surface area contributed by atoms with Crippen molar-refractivity contribution >= 4 is 21.9 Å². The molecular formula is C41H37N4OPt-. The van der Waals surface area contributed by atoms with Crippen LogP contribution in [-0.2, 0) is 31.9 Å². The SMILES string of the molecule is CC(C)(C)c1ccc(-n2c(-c3[c-]c(-c4cc(C(C)(C)C)cc5cccnc45)cnc3)nc3c(-c4ccccc4O)cccc32)cc1.[Pt]. The van der Waals surface area contributed by atoms with Gasteiger partial charge in [0.15, 0.2) is 0 Å². The number of hydrogen-bond donors (Lipinski definition) is 1. The average molecular weight is 797 g/mol. The Balaban J connectivity index is 0.00000386. The van der Waals surface area contributed by atoms with E-state index in [4.69, 9.17) is 15.0 Å². The fraction of sp³-hybridized carbons (Fsp3) is 0.195. The Labute approximate surface area is 290 Å². The second-order valence-corrected chi connectivity index (χ2v) is 14.0. The predicted molar refractivity (Wildman–Crippen MR) is 188 cm³/mol. The van der Waals surface area contributed by atoms with Gasteiger partial charge in [-0.25, -0.2) is 0 Å². The summed E-state index contributed by atoms with van der Waals surface area (Å²) in [5.74, 6) is 0.939. The summed E-state index contributed by atoms with van der Waals surface area (Å²) < 4.78 is 2.17. The Morgan fingerprint density at radius 2 is 1.36 bits per heavy atom. The van der Waals surface area contributed by atoms with Crippen molar-refractivity contribution in [1.29, 1.82) is 0 Å². The van der Waals surface area contributed by atoms with Crippen molar-refractivity contribution in [3.05, 3.63) is 127 Å². The van der Waals surface area contributed by atoms with E-state index in [2.05, 4.69) is 101 Å². The first-order valence-corrected chi connectivity index (χ1v) is 15.7. The van der Waals surface area contributed by atoms with Crippen molar-refractivity contribution < 1.29 is 26.2 Å². The molecule has 3 heterocycles. The average Bonchev–Trinajstić information content (AvgIpc) is 3.44. The van der Waals surface area contributed by atoms with E-state index in [-0.39, 0.29) is 37.6 Å². The van der Waals surface area contributed by atoms with Crippen LogP contribution in [0.15, 0.2) is 110 Å². The van der Waals surface area contributed by atoms with Crippen LogP contribution in [0.3, 0.4) is 0 Å². The minimum Gasteiger partial charge on any atom is -0.507 e. The number of hydrogen-bond acceptors (Lipinski definition) is 4. The number of imidazole rings is 1. The third-order valence-corrected chi connectivity index (χ3v) is 8.65. The van der Waals surface area contributed by atoms with Gasteiger partial charge in [-0.15, -0.1) is 6.07 Å². The fourth-order valence-corrected chi connectivity index (χ4v) is 6.05. The Bertz CT molecular complexity index is 2240. The molecule has 3 aromatic heterocycles. The zero-order chi connectivity index (χ0) is 32.2. The Morgan fingerprint density at radius 1 is 0.660 bits per heavy atom. The van der Waals surface area contributed by atoms with E-state index < -0.39 is 0 Å². The molecule has 7 aromatic rings. The molecule has 0 unspecified atom stereocenters. The maximum absolute atomic E-state index is 10.8. The number of phenols is 1. The summed E-state index contributed by atoms with van der Waals surface area (Å²) in [5.41, 5.74) is 10.3. The zero-order valence-corrected chi connectivity index (χ0v) is 29.7. The number of aromatic nitrogens is 4. The van der Waals surface area contributed by atoms with Gasteiger partial charge in [0.2, 0.25) is 0 Å². The largest absolute Gasteiger partial charge is 0.507 e. The van der Waals surface area contributed by atoms with Crippen LogP contribution in [-0.4, -0.2) is 24.6 Å². The van der Waals surface area contributed by atoms with Crippen molar-refractivity contribution in [2.45, 2.75) is 52.4 Å². The molecule has 4 aromatic carbocycles. The van der Waals surface area contributed by atoms with Gasteiger partial charge < -0.3 is 14.7 Å². The van der Waals surface area contributed by atoms with Gasteiger partial charge in [0.05, 0.1) is 16.9 Å². The number of phenolic OH excluding ortho intramolecular Hbond substituents is 1. The first-order chi connectivity index (χ1) is 22.0. The number of fused-ring (bicyclic) bond motifs is 2. The van der Waals surface area contributed by atoms with Gasteiger partial charge >= 0.3 is 0 Å². The van der Waals surface area contributed by atoms with Gasteiger partial charge in [-0.2, -0.15) is 0 Å². The monoisotopic (exact) mass is 796 g/mol.